The molecular formula is C13H14N2O2S. The Balaban J connectivity index is 2.30. The van der Waals surface area contributed by atoms with Crippen LogP contribution in [0.1, 0.15) is 12.0 Å². The summed E-state index contributed by atoms with van der Waals surface area (Å²) in [5.41, 5.74) is 7.46. The highest BCUT2D eigenvalue weighted by atomic mass is 32.1. The number of thiocarbonyl (C=S) groups is 1. The highest BCUT2D eigenvalue weighted by Gasteiger charge is 2.06. The molecule has 0 atom stereocenters. The third kappa shape index (κ3) is 2.51. The molecule has 0 saturated heterocycles. The summed E-state index contributed by atoms with van der Waals surface area (Å²) in [4.78, 5) is 11.5. The van der Waals surface area contributed by atoms with Gasteiger partial charge in [0.25, 0.3) is 0 Å². The first-order valence-corrected chi connectivity index (χ1v) is 5.98. The maximum atomic E-state index is 11.1. The fraction of sp³-hybridized carbons (Fsp3) is 0.231. The van der Waals surface area contributed by atoms with E-state index in [-0.39, 0.29) is 5.97 Å². The Hall–Kier alpha value is -1.88. The molecule has 0 aliphatic rings. The highest BCUT2D eigenvalue weighted by molar-refractivity contribution is 7.80. The van der Waals surface area contributed by atoms with Crippen molar-refractivity contribution in [3.63, 3.8) is 0 Å². The van der Waals surface area contributed by atoms with Crippen LogP contribution < -0.4 is 5.73 Å². The van der Waals surface area contributed by atoms with Crippen molar-refractivity contribution < 1.29 is 9.53 Å². The molecule has 1 aromatic heterocycles. The summed E-state index contributed by atoms with van der Waals surface area (Å²) in [6.07, 6.45) is 2.29. The zero-order valence-electron chi connectivity index (χ0n) is 10.1. The largest absolute Gasteiger partial charge is 0.469 e. The first kappa shape index (κ1) is 12.6. The number of hydrogen-bond acceptors (Lipinski definition) is 3. The molecule has 5 heteroatoms. The van der Waals surface area contributed by atoms with Crippen molar-refractivity contribution in [2.24, 2.45) is 5.73 Å². The number of carbonyl (C=O) groups is 1. The maximum absolute atomic E-state index is 11.1. The van der Waals surface area contributed by atoms with Crippen LogP contribution in [0.4, 0.5) is 0 Å². The number of carbonyl (C=O) groups excluding carboxylic acids is 1. The van der Waals surface area contributed by atoms with Gasteiger partial charge in [-0.3, -0.25) is 4.79 Å². The first-order valence-electron chi connectivity index (χ1n) is 5.57. The zero-order valence-corrected chi connectivity index (χ0v) is 10.9. The molecule has 0 bridgehead atoms. The van der Waals surface area contributed by atoms with Gasteiger partial charge in [0, 0.05) is 23.8 Å². The van der Waals surface area contributed by atoms with Crippen molar-refractivity contribution in [1.82, 2.24) is 4.57 Å². The first-order chi connectivity index (χ1) is 8.61. The number of methoxy groups -OCH3 is 1. The molecule has 4 nitrogen and oxygen atoms in total. The van der Waals surface area contributed by atoms with E-state index in [1.807, 2.05) is 35.0 Å². The van der Waals surface area contributed by atoms with Gasteiger partial charge in [-0.2, -0.15) is 0 Å². The van der Waals surface area contributed by atoms with Gasteiger partial charge in [-0.1, -0.05) is 24.4 Å². The second-order valence-corrected chi connectivity index (χ2v) is 4.41. The summed E-state index contributed by atoms with van der Waals surface area (Å²) in [5.74, 6) is -0.220. The Morgan fingerprint density at radius 3 is 2.89 bits per heavy atom. The van der Waals surface area contributed by atoms with Gasteiger partial charge in [-0.15, -0.1) is 0 Å². The van der Waals surface area contributed by atoms with Gasteiger partial charge in [-0.05, 0) is 17.5 Å². The molecule has 1 heterocycles. The minimum atomic E-state index is -0.220. The minimum absolute atomic E-state index is 0.220. The third-order valence-electron chi connectivity index (χ3n) is 2.84. The second-order valence-electron chi connectivity index (χ2n) is 3.97. The van der Waals surface area contributed by atoms with Gasteiger partial charge in [-0.25, -0.2) is 0 Å². The molecule has 0 spiro atoms. The summed E-state index contributed by atoms with van der Waals surface area (Å²) in [5, 5.41) is 1.10. The Bertz CT molecular complexity index is 604. The predicted octanol–water partition coefficient (Wildman–Crippen LogP) is 1.84. The van der Waals surface area contributed by atoms with E-state index in [4.69, 9.17) is 18.0 Å². The van der Waals surface area contributed by atoms with Crippen molar-refractivity contribution in [2.45, 2.75) is 13.0 Å². The Labute approximate surface area is 110 Å². The lowest BCUT2D eigenvalue weighted by Gasteiger charge is -2.05. The van der Waals surface area contributed by atoms with Crippen LogP contribution in [0, 0.1) is 0 Å². The molecule has 0 fully saturated rings. The van der Waals surface area contributed by atoms with E-state index in [1.165, 1.54) is 7.11 Å². The van der Waals surface area contributed by atoms with Crippen LogP contribution in [-0.4, -0.2) is 22.6 Å². The van der Waals surface area contributed by atoms with Crippen LogP contribution in [0.5, 0.6) is 0 Å². The SMILES string of the molecule is COC(=O)CCn1ccc2ccc(C(N)=S)cc21. The van der Waals surface area contributed by atoms with Crippen LogP contribution in [0.15, 0.2) is 30.5 Å². The topological polar surface area (TPSA) is 57.2 Å². The predicted molar refractivity (Wildman–Crippen MR) is 74.5 cm³/mol. The summed E-state index contributed by atoms with van der Waals surface area (Å²) in [6.45, 7) is 0.580. The number of esters is 1. The third-order valence-corrected chi connectivity index (χ3v) is 3.08. The van der Waals surface area contributed by atoms with Gasteiger partial charge in [0.05, 0.1) is 13.5 Å². The molecule has 0 aliphatic carbocycles. The van der Waals surface area contributed by atoms with Crippen molar-refractivity contribution in [1.29, 1.82) is 0 Å². The molecule has 2 aromatic rings. The van der Waals surface area contributed by atoms with E-state index in [9.17, 15) is 4.79 Å². The Morgan fingerprint density at radius 2 is 2.22 bits per heavy atom. The second kappa shape index (κ2) is 5.18. The number of aromatic nitrogens is 1. The number of benzene rings is 1. The van der Waals surface area contributed by atoms with E-state index in [1.54, 1.807) is 0 Å². The number of nitrogens with two attached hydrogens (primary N) is 1. The number of hydrogen-bond donors (Lipinski definition) is 1. The molecule has 1 aromatic carbocycles. The number of nitrogens with zero attached hydrogens (tertiary/aromatic N) is 1. The number of rotatable bonds is 4. The van der Waals surface area contributed by atoms with Crippen molar-refractivity contribution >= 4 is 34.1 Å². The fourth-order valence-electron chi connectivity index (χ4n) is 1.85. The Kier molecular flexibility index (Phi) is 3.62. The van der Waals surface area contributed by atoms with Crippen molar-refractivity contribution in [3.05, 3.63) is 36.0 Å². The lowest BCUT2D eigenvalue weighted by Crippen LogP contribution is -2.10. The lowest BCUT2D eigenvalue weighted by atomic mass is 10.1. The maximum Gasteiger partial charge on any atom is 0.307 e. The van der Waals surface area contributed by atoms with Gasteiger partial charge < -0.3 is 15.0 Å². The van der Waals surface area contributed by atoms with Crippen molar-refractivity contribution in [3.8, 4) is 0 Å². The average Bonchev–Trinajstić information content (AvgIpc) is 2.78. The van der Waals surface area contributed by atoms with Crippen LogP contribution in [0.25, 0.3) is 10.9 Å². The molecule has 2 rings (SSSR count). The number of ether oxygens (including phenoxy) is 1. The van der Waals surface area contributed by atoms with E-state index in [2.05, 4.69) is 4.74 Å². The van der Waals surface area contributed by atoms with Gasteiger partial charge in [0.15, 0.2) is 0 Å². The number of fused-ring (bicyclic) bond motifs is 1. The average molecular weight is 262 g/mol. The molecule has 0 aliphatic heterocycles. The summed E-state index contributed by atoms with van der Waals surface area (Å²) < 4.78 is 6.62. The monoisotopic (exact) mass is 262 g/mol. The molecular weight excluding hydrogens is 248 g/mol. The van der Waals surface area contributed by atoms with Crippen molar-refractivity contribution in [2.75, 3.05) is 7.11 Å². The molecule has 94 valence electrons. The van der Waals surface area contributed by atoms with E-state index in [0.717, 1.165) is 16.5 Å². The normalized spacial score (nSPS) is 10.5. The summed E-state index contributed by atoms with van der Waals surface area (Å²) in [7, 11) is 1.39. The van der Waals surface area contributed by atoms with E-state index < -0.39 is 0 Å². The van der Waals surface area contributed by atoms with Crippen LogP contribution in [0.3, 0.4) is 0 Å². The van der Waals surface area contributed by atoms with E-state index >= 15 is 0 Å². The minimum Gasteiger partial charge on any atom is -0.469 e. The molecule has 0 amide bonds. The van der Waals surface area contributed by atoms with Crippen LogP contribution >= 0.6 is 12.2 Å². The highest BCUT2D eigenvalue weighted by Crippen LogP contribution is 2.18. The zero-order chi connectivity index (χ0) is 13.1. The molecule has 18 heavy (non-hydrogen) atoms. The van der Waals surface area contributed by atoms with Crippen LogP contribution in [-0.2, 0) is 16.1 Å². The summed E-state index contributed by atoms with van der Waals surface area (Å²) >= 11 is 4.96. The molecule has 0 saturated carbocycles. The lowest BCUT2D eigenvalue weighted by molar-refractivity contribution is -0.140. The summed E-state index contributed by atoms with van der Waals surface area (Å²) in [6, 6.07) is 7.80. The van der Waals surface area contributed by atoms with Crippen LogP contribution in [0.2, 0.25) is 0 Å². The number of aryl methyl sites for hydroxylation is 1. The standard InChI is InChI=1S/C13H14N2O2S/c1-17-12(16)5-7-15-6-4-9-2-3-10(13(14)18)8-11(9)15/h2-4,6,8H,5,7H2,1H3,(H2,14,18). The van der Waals surface area contributed by atoms with E-state index in [0.29, 0.717) is 18.0 Å². The molecule has 0 unspecified atom stereocenters. The smallest absolute Gasteiger partial charge is 0.307 e. The van der Waals surface area contributed by atoms with Gasteiger partial charge in [0.2, 0.25) is 0 Å². The quantitative estimate of drug-likeness (QED) is 0.674. The fourth-order valence-corrected chi connectivity index (χ4v) is 1.97. The molecule has 0 radical (unpaired) electrons. The van der Waals surface area contributed by atoms with Gasteiger partial charge in [0.1, 0.15) is 4.99 Å². The van der Waals surface area contributed by atoms with Gasteiger partial charge >= 0.3 is 5.97 Å². The Morgan fingerprint density at radius 1 is 1.44 bits per heavy atom. The molecule has 2 N–H and O–H groups in total.